The number of carbonyl (C=O) groups excluding carboxylic acids is 2. The van der Waals surface area contributed by atoms with Crippen LogP contribution in [0.15, 0.2) is 48.9 Å². The molecule has 2 aromatic rings. The molecule has 0 aliphatic heterocycles. The van der Waals surface area contributed by atoms with Gasteiger partial charge in [0.2, 0.25) is 5.91 Å². The Morgan fingerprint density at radius 2 is 1.93 bits per heavy atom. The summed E-state index contributed by atoms with van der Waals surface area (Å²) in [4.78, 5) is 33.3. The number of ether oxygens (including phenoxy) is 1. The monoisotopic (exact) mass is 370 g/mol. The number of methoxy groups -OCH3 is 1. The van der Waals surface area contributed by atoms with Crippen LogP contribution in [0.3, 0.4) is 0 Å². The molecule has 0 aliphatic rings. The van der Waals surface area contributed by atoms with Gasteiger partial charge in [0.25, 0.3) is 0 Å². The van der Waals surface area contributed by atoms with Crippen LogP contribution in [-0.2, 0) is 20.7 Å². The van der Waals surface area contributed by atoms with Crippen molar-refractivity contribution < 1.29 is 14.3 Å². The number of aromatic nitrogens is 2. The van der Waals surface area contributed by atoms with Gasteiger partial charge in [-0.1, -0.05) is 50.6 Å². The Kier molecular flexibility index (Phi) is 7.73. The van der Waals surface area contributed by atoms with Crippen molar-refractivity contribution in [3.63, 3.8) is 0 Å². The molecular weight excluding hydrogens is 344 g/mol. The molecule has 27 heavy (non-hydrogen) atoms. The van der Waals surface area contributed by atoms with Gasteiger partial charge >= 0.3 is 5.97 Å². The van der Waals surface area contributed by atoms with E-state index < -0.39 is 18.1 Å². The van der Waals surface area contributed by atoms with Gasteiger partial charge in [0.1, 0.15) is 17.9 Å². The summed E-state index contributed by atoms with van der Waals surface area (Å²) in [5, 5.41) is 5.95. The lowest BCUT2D eigenvalue weighted by Crippen LogP contribution is -2.51. The maximum Gasteiger partial charge on any atom is 0.328 e. The summed E-state index contributed by atoms with van der Waals surface area (Å²) in [6.45, 7) is 3.98. The highest BCUT2D eigenvalue weighted by molar-refractivity contribution is 5.89. The number of esters is 1. The van der Waals surface area contributed by atoms with E-state index in [0.29, 0.717) is 12.2 Å². The van der Waals surface area contributed by atoms with E-state index in [-0.39, 0.29) is 11.8 Å². The Balaban J connectivity index is 2.14. The molecule has 3 atom stereocenters. The first-order chi connectivity index (χ1) is 13.0. The molecule has 0 saturated carbocycles. The van der Waals surface area contributed by atoms with Crippen LogP contribution in [0.5, 0.6) is 0 Å². The molecule has 0 saturated heterocycles. The smallest absolute Gasteiger partial charge is 0.328 e. The largest absolute Gasteiger partial charge is 0.467 e. The molecule has 0 aliphatic carbocycles. The second-order valence-corrected chi connectivity index (χ2v) is 6.37. The zero-order valence-corrected chi connectivity index (χ0v) is 15.9. The van der Waals surface area contributed by atoms with E-state index >= 15 is 0 Å². The molecule has 144 valence electrons. The standard InChI is InChI=1S/C20H26N4O3/c1-4-14(2)18(24-17-13-21-10-11-22-17)19(25)23-16(20(26)27-3)12-15-8-6-5-7-9-15/h5-11,13-14,16,18H,4,12H2,1-3H3,(H,22,24)(H,23,25)/t14-,16-,18-/m0/s1. The minimum atomic E-state index is -0.764. The Hall–Kier alpha value is -2.96. The van der Waals surface area contributed by atoms with Crippen LogP contribution in [0, 0.1) is 5.92 Å². The normalized spacial score (nSPS) is 13.9. The third-order valence-electron chi connectivity index (χ3n) is 4.45. The molecule has 7 heteroatoms. The SMILES string of the molecule is CC[C@H](C)[C@H](Nc1cnccn1)C(=O)N[C@@H](Cc1ccccc1)C(=O)OC. The van der Waals surface area contributed by atoms with Crippen molar-refractivity contribution in [2.45, 2.75) is 38.8 Å². The molecular formula is C20H26N4O3. The van der Waals surface area contributed by atoms with Gasteiger partial charge in [-0.2, -0.15) is 0 Å². The number of nitrogens with zero attached hydrogens (tertiary/aromatic N) is 2. The van der Waals surface area contributed by atoms with Gasteiger partial charge in [-0.25, -0.2) is 9.78 Å². The predicted octanol–water partition coefficient (Wildman–Crippen LogP) is 2.20. The molecule has 1 aromatic heterocycles. The lowest BCUT2D eigenvalue weighted by atomic mass is 9.97. The van der Waals surface area contributed by atoms with Crippen molar-refractivity contribution in [3.8, 4) is 0 Å². The summed E-state index contributed by atoms with van der Waals surface area (Å²) in [7, 11) is 1.32. The number of nitrogens with one attached hydrogen (secondary N) is 2. The molecule has 1 heterocycles. The second-order valence-electron chi connectivity index (χ2n) is 6.37. The van der Waals surface area contributed by atoms with Gasteiger partial charge in [-0.05, 0) is 11.5 Å². The Morgan fingerprint density at radius 3 is 2.52 bits per heavy atom. The number of rotatable bonds is 9. The van der Waals surface area contributed by atoms with Crippen LogP contribution in [0.25, 0.3) is 0 Å². The molecule has 0 spiro atoms. The lowest BCUT2D eigenvalue weighted by Gasteiger charge is -2.26. The summed E-state index contributed by atoms with van der Waals surface area (Å²) in [5.74, 6) is -0.214. The zero-order chi connectivity index (χ0) is 19.6. The molecule has 2 rings (SSSR count). The third kappa shape index (κ3) is 6.06. The first-order valence-corrected chi connectivity index (χ1v) is 8.99. The molecule has 0 fully saturated rings. The van der Waals surface area contributed by atoms with E-state index in [1.54, 1.807) is 18.6 Å². The maximum atomic E-state index is 12.9. The average molecular weight is 370 g/mol. The number of carbonyl (C=O) groups is 2. The van der Waals surface area contributed by atoms with Gasteiger partial charge in [0, 0.05) is 18.8 Å². The number of hydrogen-bond donors (Lipinski definition) is 2. The first kappa shape index (κ1) is 20.4. The van der Waals surface area contributed by atoms with Crippen molar-refractivity contribution in [1.82, 2.24) is 15.3 Å². The number of benzene rings is 1. The molecule has 0 radical (unpaired) electrons. The van der Waals surface area contributed by atoms with Gasteiger partial charge in [0.15, 0.2) is 0 Å². The van der Waals surface area contributed by atoms with Crippen molar-refractivity contribution in [1.29, 1.82) is 0 Å². The number of amides is 1. The minimum absolute atomic E-state index is 0.0297. The summed E-state index contributed by atoms with van der Waals surface area (Å²) < 4.78 is 4.87. The van der Waals surface area contributed by atoms with Gasteiger partial charge in [-0.3, -0.25) is 9.78 Å². The Bertz CT molecular complexity index is 725. The van der Waals surface area contributed by atoms with Crippen LogP contribution in [0.2, 0.25) is 0 Å². The molecule has 2 N–H and O–H groups in total. The Labute approximate surface area is 159 Å². The van der Waals surface area contributed by atoms with Crippen molar-refractivity contribution >= 4 is 17.7 Å². The van der Waals surface area contributed by atoms with Gasteiger partial charge < -0.3 is 15.4 Å². The first-order valence-electron chi connectivity index (χ1n) is 8.99. The topological polar surface area (TPSA) is 93.2 Å². The quantitative estimate of drug-likeness (QED) is 0.658. The van der Waals surface area contributed by atoms with E-state index in [2.05, 4.69) is 20.6 Å². The lowest BCUT2D eigenvalue weighted by molar-refractivity contribution is -0.145. The van der Waals surface area contributed by atoms with Crippen LogP contribution >= 0.6 is 0 Å². The maximum absolute atomic E-state index is 12.9. The molecule has 1 amide bonds. The van der Waals surface area contributed by atoms with E-state index in [4.69, 9.17) is 4.74 Å². The number of anilines is 1. The van der Waals surface area contributed by atoms with E-state index in [1.807, 2.05) is 44.2 Å². The van der Waals surface area contributed by atoms with Crippen LogP contribution in [0.4, 0.5) is 5.82 Å². The third-order valence-corrected chi connectivity index (χ3v) is 4.45. The highest BCUT2D eigenvalue weighted by atomic mass is 16.5. The fourth-order valence-corrected chi connectivity index (χ4v) is 2.68. The fraction of sp³-hybridized carbons (Fsp3) is 0.400. The van der Waals surface area contributed by atoms with Crippen molar-refractivity contribution in [3.05, 3.63) is 54.5 Å². The highest BCUT2D eigenvalue weighted by Crippen LogP contribution is 2.14. The zero-order valence-electron chi connectivity index (χ0n) is 15.9. The second kappa shape index (κ2) is 10.3. The molecule has 0 unspecified atom stereocenters. The summed E-state index contributed by atoms with van der Waals surface area (Å²) in [6, 6.07) is 8.19. The van der Waals surface area contributed by atoms with Crippen molar-refractivity contribution in [2.24, 2.45) is 5.92 Å². The average Bonchev–Trinajstić information content (AvgIpc) is 2.71. The van der Waals surface area contributed by atoms with E-state index in [0.717, 1.165) is 12.0 Å². The molecule has 1 aromatic carbocycles. The van der Waals surface area contributed by atoms with E-state index in [1.165, 1.54) is 7.11 Å². The van der Waals surface area contributed by atoms with Crippen LogP contribution in [0.1, 0.15) is 25.8 Å². The summed E-state index contributed by atoms with van der Waals surface area (Å²) in [6.07, 6.45) is 5.83. The van der Waals surface area contributed by atoms with Crippen LogP contribution in [-0.4, -0.2) is 41.0 Å². The highest BCUT2D eigenvalue weighted by Gasteiger charge is 2.29. The summed E-state index contributed by atoms with van der Waals surface area (Å²) in [5.41, 5.74) is 0.940. The predicted molar refractivity (Wildman–Crippen MR) is 103 cm³/mol. The van der Waals surface area contributed by atoms with E-state index in [9.17, 15) is 9.59 Å². The van der Waals surface area contributed by atoms with Crippen LogP contribution < -0.4 is 10.6 Å². The molecule has 7 nitrogen and oxygen atoms in total. The summed E-state index contributed by atoms with van der Waals surface area (Å²) >= 11 is 0. The number of hydrogen-bond acceptors (Lipinski definition) is 6. The fourth-order valence-electron chi connectivity index (χ4n) is 2.68. The minimum Gasteiger partial charge on any atom is -0.467 e. The van der Waals surface area contributed by atoms with Gasteiger partial charge in [-0.15, -0.1) is 0 Å². The van der Waals surface area contributed by atoms with Gasteiger partial charge in [0.05, 0.1) is 13.3 Å². The Morgan fingerprint density at radius 1 is 1.19 bits per heavy atom. The molecule has 0 bridgehead atoms. The van der Waals surface area contributed by atoms with Crippen molar-refractivity contribution in [2.75, 3.05) is 12.4 Å².